The standard InChI is InChI=1S/C17H26N2O3/c1-12-8-14(10-15(18-12)21-5)9-13-6-7-19(11-13)16(20)22-17(2,3)4/h8,10,13H,6-7,9,11H2,1-5H3/t13-/m0/s1. The highest BCUT2D eigenvalue weighted by molar-refractivity contribution is 5.68. The zero-order valence-electron chi connectivity index (χ0n) is 14.2. The van der Waals surface area contributed by atoms with Crippen LogP contribution in [-0.4, -0.2) is 41.8 Å². The molecule has 122 valence electrons. The van der Waals surface area contributed by atoms with Gasteiger partial charge in [-0.15, -0.1) is 0 Å². The van der Waals surface area contributed by atoms with E-state index >= 15 is 0 Å². The molecule has 1 amide bonds. The smallest absolute Gasteiger partial charge is 0.410 e. The Labute approximate surface area is 132 Å². The van der Waals surface area contributed by atoms with Crippen molar-refractivity contribution in [1.82, 2.24) is 9.88 Å². The zero-order valence-corrected chi connectivity index (χ0v) is 14.2. The minimum absolute atomic E-state index is 0.210. The van der Waals surface area contributed by atoms with E-state index in [1.54, 1.807) is 12.0 Å². The van der Waals surface area contributed by atoms with E-state index in [-0.39, 0.29) is 6.09 Å². The first-order valence-electron chi connectivity index (χ1n) is 7.76. The summed E-state index contributed by atoms with van der Waals surface area (Å²) in [5.74, 6) is 1.11. The molecule has 5 nitrogen and oxygen atoms in total. The van der Waals surface area contributed by atoms with Crippen LogP contribution in [0.2, 0.25) is 0 Å². The fraction of sp³-hybridized carbons (Fsp3) is 0.647. The van der Waals surface area contributed by atoms with Crippen molar-refractivity contribution < 1.29 is 14.3 Å². The maximum Gasteiger partial charge on any atom is 0.410 e. The molecule has 1 aliphatic rings. The van der Waals surface area contributed by atoms with Gasteiger partial charge in [-0.3, -0.25) is 0 Å². The summed E-state index contributed by atoms with van der Waals surface area (Å²) in [5.41, 5.74) is 1.72. The van der Waals surface area contributed by atoms with Crippen molar-refractivity contribution in [1.29, 1.82) is 0 Å². The summed E-state index contributed by atoms with van der Waals surface area (Å²) in [6, 6.07) is 4.06. The lowest BCUT2D eigenvalue weighted by Crippen LogP contribution is -2.35. The van der Waals surface area contributed by atoms with Gasteiger partial charge in [0, 0.05) is 24.8 Å². The second kappa shape index (κ2) is 6.55. The molecule has 0 N–H and O–H groups in total. The first kappa shape index (κ1) is 16.6. The van der Waals surface area contributed by atoms with Crippen molar-refractivity contribution in [2.24, 2.45) is 5.92 Å². The molecule has 2 rings (SSSR count). The van der Waals surface area contributed by atoms with Crippen LogP contribution in [0.3, 0.4) is 0 Å². The molecule has 0 saturated carbocycles. The highest BCUT2D eigenvalue weighted by Crippen LogP contribution is 2.24. The highest BCUT2D eigenvalue weighted by atomic mass is 16.6. The van der Waals surface area contributed by atoms with Crippen LogP contribution >= 0.6 is 0 Å². The molecule has 5 heteroatoms. The number of aryl methyl sites for hydroxylation is 1. The molecule has 1 atom stereocenters. The van der Waals surface area contributed by atoms with Crippen molar-refractivity contribution in [2.45, 2.75) is 46.1 Å². The number of nitrogens with zero attached hydrogens (tertiary/aromatic N) is 2. The molecule has 0 aliphatic carbocycles. The highest BCUT2D eigenvalue weighted by Gasteiger charge is 2.29. The number of carbonyl (C=O) groups is 1. The number of amides is 1. The van der Waals surface area contributed by atoms with Gasteiger partial charge in [-0.2, -0.15) is 0 Å². The number of ether oxygens (including phenoxy) is 2. The molecule has 0 bridgehead atoms. The van der Waals surface area contributed by atoms with Crippen LogP contribution in [0.1, 0.15) is 38.4 Å². The maximum atomic E-state index is 12.1. The predicted molar refractivity (Wildman–Crippen MR) is 85.1 cm³/mol. The van der Waals surface area contributed by atoms with Crippen LogP contribution in [-0.2, 0) is 11.2 Å². The zero-order chi connectivity index (χ0) is 16.3. The molecule has 1 saturated heterocycles. The molecule has 1 aromatic rings. The van der Waals surface area contributed by atoms with Crippen molar-refractivity contribution >= 4 is 6.09 Å². The second-order valence-electron chi connectivity index (χ2n) is 6.94. The minimum Gasteiger partial charge on any atom is -0.481 e. The fourth-order valence-corrected chi connectivity index (χ4v) is 2.75. The van der Waals surface area contributed by atoms with Crippen molar-refractivity contribution in [3.63, 3.8) is 0 Å². The number of methoxy groups -OCH3 is 1. The Morgan fingerprint density at radius 2 is 2.14 bits per heavy atom. The molecule has 0 unspecified atom stereocenters. The van der Waals surface area contributed by atoms with E-state index in [0.29, 0.717) is 11.8 Å². The number of likely N-dealkylation sites (tertiary alicyclic amines) is 1. The molecule has 1 fully saturated rings. The minimum atomic E-state index is -0.440. The molecule has 2 heterocycles. The Kier molecular flexibility index (Phi) is 4.94. The molecular formula is C17H26N2O3. The van der Waals surface area contributed by atoms with E-state index in [4.69, 9.17) is 9.47 Å². The van der Waals surface area contributed by atoms with Gasteiger partial charge < -0.3 is 14.4 Å². The number of hydrogen-bond donors (Lipinski definition) is 0. The van der Waals surface area contributed by atoms with E-state index in [1.165, 1.54) is 5.56 Å². The van der Waals surface area contributed by atoms with Crippen LogP contribution in [0.25, 0.3) is 0 Å². The number of rotatable bonds is 3. The van der Waals surface area contributed by atoms with E-state index in [1.807, 2.05) is 33.8 Å². The molecule has 1 aliphatic heterocycles. The number of hydrogen-bond acceptors (Lipinski definition) is 4. The van der Waals surface area contributed by atoms with Gasteiger partial charge in [-0.25, -0.2) is 9.78 Å². The van der Waals surface area contributed by atoms with Gasteiger partial charge in [-0.1, -0.05) is 0 Å². The topological polar surface area (TPSA) is 51.7 Å². The third-order valence-electron chi connectivity index (χ3n) is 3.66. The molecular weight excluding hydrogens is 280 g/mol. The van der Waals surface area contributed by atoms with E-state index in [2.05, 4.69) is 11.1 Å². The van der Waals surface area contributed by atoms with Gasteiger partial charge in [-0.05, 0) is 58.1 Å². The molecule has 1 aromatic heterocycles. The quantitative estimate of drug-likeness (QED) is 0.860. The van der Waals surface area contributed by atoms with Crippen LogP contribution in [0, 0.1) is 12.8 Å². The van der Waals surface area contributed by atoms with Crippen molar-refractivity contribution in [2.75, 3.05) is 20.2 Å². The summed E-state index contributed by atoms with van der Waals surface area (Å²) in [5, 5.41) is 0. The molecule has 0 radical (unpaired) electrons. The predicted octanol–water partition coefficient (Wildman–Crippen LogP) is 3.20. The van der Waals surface area contributed by atoms with E-state index < -0.39 is 5.60 Å². The average Bonchev–Trinajstić information content (AvgIpc) is 2.84. The second-order valence-corrected chi connectivity index (χ2v) is 6.94. The lowest BCUT2D eigenvalue weighted by atomic mass is 9.99. The van der Waals surface area contributed by atoms with E-state index in [0.717, 1.165) is 31.6 Å². The normalized spacial score (nSPS) is 18.4. The number of pyridine rings is 1. The van der Waals surface area contributed by atoms with Crippen molar-refractivity contribution in [3.8, 4) is 5.88 Å². The Hall–Kier alpha value is -1.78. The van der Waals surface area contributed by atoms with Gasteiger partial charge in [0.25, 0.3) is 0 Å². The first-order valence-corrected chi connectivity index (χ1v) is 7.76. The van der Waals surface area contributed by atoms with Gasteiger partial charge in [0.2, 0.25) is 5.88 Å². The summed E-state index contributed by atoms with van der Waals surface area (Å²) >= 11 is 0. The number of aromatic nitrogens is 1. The molecule has 0 aromatic carbocycles. The van der Waals surface area contributed by atoms with Gasteiger partial charge in [0.1, 0.15) is 5.60 Å². The SMILES string of the molecule is COc1cc(C[C@@H]2CCN(C(=O)OC(C)(C)C)C2)cc(C)n1. The van der Waals surface area contributed by atoms with Crippen LogP contribution < -0.4 is 4.74 Å². The largest absolute Gasteiger partial charge is 0.481 e. The molecule has 22 heavy (non-hydrogen) atoms. The van der Waals surface area contributed by atoms with Crippen LogP contribution in [0.4, 0.5) is 4.79 Å². The Bertz CT molecular complexity index is 537. The van der Waals surface area contributed by atoms with Crippen molar-refractivity contribution in [3.05, 3.63) is 23.4 Å². The van der Waals surface area contributed by atoms with Gasteiger partial charge >= 0.3 is 6.09 Å². The number of carbonyl (C=O) groups excluding carboxylic acids is 1. The third-order valence-corrected chi connectivity index (χ3v) is 3.66. The van der Waals surface area contributed by atoms with Crippen LogP contribution in [0.15, 0.2) is 12.1 Å². The summed E-state index contributed by atoms with van der Waals surface area (Å²) < 4.78 is 10.7. The lowest BCUT2D eigenvalue weighted by Gasteiger charge is -2.24. The first-order chi connectivity index (χ1) is 10.3. The third kappa shape index (κ3) is 4.61. The lowest BCUT2D eigenvalue weighted by molar-refractivity contribution is 0.0288. The Balaban J connectivity index is 1.94. The summed E-state index contributed by atoms with van der Waals surface area (Å²) in [7, 11) is 1.63. The van der Waals surface area contributed by atoms with Gasteiger partial charge in [0.05, 0.1) is 7.11 Å². The molecule has 0 spiro atoms. The van der Waals surface area contributed by atoms with E-state index in [9.17, 15) is 4.79 Å². The average molecular weight is 306 g/mol. The summed E-state index contributed by atoms with van der Waals surface area (Å²) in [6.45, 7) is 9.16. The summed E-state index contributed by atoms with van der Waals surface area (Å²) in [4.78, 5) is 18.2. The monoisotopic (exact) mass is 306 g/mol. The Morgan fingerprint density at radius 3 is 2.77 bits per heavy atom. The van der Waals surface area contributed by atoms with Gasteiger partial charge in [0.15, 0.2) is 0 Å². The Morgan fingerprint density at radius 1 is 1.41 bits per heavy atom. The fourth-order valence-electron chi connectivity index (χ4n) is 2.75. The maximum absolute atomic E-state index is 12.1. The summed E-state index contributed by atoms with van der Waals surface area (Å²) in [6.07, 6.45) is 1.72. The van der Waals surface area contributed by atoms with Crippen LogP contribution in [0.5, 0.6) is 5.88 Å².